The predicted octanol–water partition coefficient (Wildman–Crippen LogP) is 3.63. The molecule has 0 fully saturated rings. The molecule has 2 heterocycles. The van der Waals surface area contributed by atoms with Crippen LogP contribution in [0.1, 0.15) is 19.8 Å². The van der Waals surface area contributed by atoms with E-state index >= 15 is 0 Å². The number of unbranched alkanes of at least 4 members (excludes halogenated alkanes) is 1. The summed E-state index contributed by atoms with van der Waals surface area (Å²) in [5.41, 5.74) is 0.820. The summed E-state index contributed by atoms with van der Waals surface area (Å²) in [6.45, 7) is 2.92. The number of nitrogens with zero attached hydrogens (tertiary/aromatic N) is 2. The molecule has 2 nitrogen and oxygen atoms in total. The van der Waals surface area contributed by atoms with Gasteiger partial charge in [0.05, 0.1) is 10.9 Å². The van der Waals surface area contributed by atoms with Crippen molar-refractivity contribution in [2.75, 3.05) is 0 Å². The Morgan fingerprint density at radius 1 is 1.53 bits per heavy atom. The van der Waals surface area contributed by atoms with Gasteiger partial charge in [0.1, 0.15) is 5.15 Å². The molecule has 0 aromatic carbocycles. The lowest BCUT2D eigenvalue weighted by Gasteiger charge is -2.02. The van der Waals surface area contributed by atoms with Crippen molar-refractivity contribution in [3.05, 3.63) is 29.4 Å². The van der Waals surface area contributed by atoms with Crippen molar-refractivity contribution in [1.82, 2.24) is 9.55 Å². The van der Waals surface area contributed by atoms with E-state index in [1.165, 1.54) is 6.20 Å². The molecule has 0 amide bonds. The molecule has 4 heteroatoms. The van der Waals surface area contributed by atoms with Crippen LogP contribution >= 0.6 is 11.6 Å². The summed E-state index contributed by atoms with van der Waals surface area (Å²) in [5.74, 6) is -0.292. The van der Waals surface area contributed by atoms with Crippen LogP contribution in [0.15, 0.2) is 18.5 Å². The summed E-state index contributed by atoms with van der Waals surface area (Å²) in [5, 5.41) is 0.663. The molecule has 0 atom stereocenters. The zero-order chi connectivity index (χ0) is 10.8. The Morgan fingerprint density at radius 2 is 2.33 bits per heavy atom. The molecule has 2 aromatic heterocycles. The second-order valence-corrected chi connectivity index (χ2v) is 3.88. The van der Waals surface area contributed by atoms with E-state index in [1.807, 2.05) is 4.57 Å². The van der Waals surface area contributed by atoms with Crippen LogP contribution in [0.25, 0.3) is 10.9 Å². The van der Waals surface area contributed by atoms with Gasteiger partial charge in [-0.05, 0) is 12.5 Å². The SMILES string of the molecule is CCCCn1cc(F)c2c(Cl)nccc21. The Morgan fingerprint density at radius 3 is 3.07 bits per heavy atom. The molecule has 2 aromatic rings. The van der Waals surface area contributed by atoms with E-state index in [4.69, 9.17) is 11.6 Å². The van der Waals surface area contributed by atoms with Gasteiger partial charge in [0.2, 0.25) is 0 Å². The molecule has 2 rings (SSSR count). The molecule has 15 heavy (non-hydrogen) atoms. The molecule has 0 aliphatic heterocycles. The Kier molecular flexibility index (Phi) is 2.91. The Hall–Kier alpha value is -1.09. The molecule has 0 N–H and O–H groups in total. The van der Waals surface area contributed by atoms with Gasteiger partial charge in [-0.2, -0.15) is 0 Å². The van der Waals surface area contributed by atoms with Gasteiger partial charge in [0.15, 0.2) is 5.82 Å². The summed E-state index contributed by atoms with van der Waals surface area (Å²) in [7, 11) is 0. The topological polar surface area (TPSA) is 17.8 Å². The fourth-order valence-corrected chi connectivity index (χ4v) is 1.91. The van der Waals surface area contributed by atoms with Crippen LogP contribution < -0.4 is 0 Å². The first-order chi connectivity index (χ1) is 7.24. The summed E-state index contributed by atoms with van der Waals surface area (Å²) in [4.78, 5) is 3.87. The lowest BCUT2D eigenvalue weighted by Crippen LogP contribution is -1.95. The van der Waals surface area contributed by atoms with Gasteiger partial charge in [0, 0.05) is 18.9 Å². The molecule has 0 saturated heterocycles. The third kappa shape index (κ3) is 1.84. The number of halogens is 2. The molecular formula is C11H12ClFN2. The molecule has 0 radical (unpaired) electrons. The van der Waals surface area contributed by atoms with Crippen molar-refractivity contribution in [2.24, 2.45) is 0 Å². The van der Waals surface area contributed by atoms with E-state index in [0.717, 1.165) is 24.9 Å². The first kappa shape index (κ1) is 10.4. The maximum atomic E-state index is 13.5. The van der Waals surface area contributed by atoms with Gasteiger partial charge in [-0.15, -0.1) is 0 Å². The van der Waals surface area contributed by atoms with Gasteiger partial charge in [-0.1, -0.05) is 24.9 Å². The van der Waals surface area contributed by atoms with Gasteiger partial charge in [-0.3, -0.25) is 0 Å². The van der Waals surface area contributed by atoms with Gasteiger partial charge >= 0.3 is 0 Å². The minimum Gasteiger partial charge on any atom is -0.344 e. The van der Waals surface area contributed by atoms with Crippen LogP contribution in [-0.4, -0.2) is 9.55 Å². The van der Waals surface area contributed by atoms with Crippen molar-refractivity contribution in [3.8, 4) is 0 Å². The molecule has 0 bridgehead atoms. The number of hydrogen-bond donors (Lipinski definition) is 0. The normalized spacial score (nSPS) is 11.1. The average Bonchev–Trinajstić information content (AvgIpc) is 2.54. The summed E-state index contributed by atoms with van der Waals surface area (Å²) < 4.78 is 15.4. The number of aromatic nitrogens is 2. The Labute approximate surface area is 92.7 Å². The quantitative estimate of drug-likeness (QED) is 0.731. The van der Waals surface area contributed by atoms with Crippen molar-refractivity contribution < 1.29 is 4.39 Å². The summed E-state index contributed by atoms with van der Waals surface area (Å²) in [6, 6.07) is 1.79. The van der Waals surface area contributed by atoms with Crippen molar-refractivity contribution in [1.29, 1.82) is 0 Å². The second-order valence-electron chi connectivity index (χ2n) is 3.52. The monoisotopic (exact) mass is 226 g/mol. The van der Waals surface area contributed by atoms with Crippen molar-refractivity contribution >= 4 is 22.5 Å². The third-order valence-electron chi connectivity index (χ3n) is 2.45. The lowest BCUT2D eigenvalue weighted by atomic mass is 10.3. The number of fused-ring (bicyclic) bond motifs is 1. The lowest BCUT2D eigenvalue weighted by molar-refractivity contribution is 0.606. The van der Waals surface area contributed by atoms with E-state index < -0.39 is 0 Å². The highest BCUT2D eigenvalue weighted by molar-refractivity contribution is 6.34. The number of pyridine rings is 1. The van der Waals surface area contributed by atoms with Crippen molar-refractivity contribution in [3.63, 3.8) is 0 Å². The van der Waals surface area contributed by atoms with Gasteiger partial charge < -0.3 is 4.57 Å². The highest BCUT2D eigenvalue weighted by Gasteiger charge is 2.11. The Bertz CT molecular complexity index is 479. The fourth-order valence-electron chi connectivity index (χ4n) is 1.67. The molecule has 0 spiro atoms. The van der Waals surface area contributed by atoms with Crippen LogP contribution in [0.3, 0.4) is 0 Å². The number of hydrogen-bond acceptors (Lipinski definition) is 1. The second kappa shape index (κ2) is 4.19. The number of rotatable bonds is 3. The maximum absolute atomic E-state index is 13.5. The van der Waals surface area contributed by atoms with E-state index in [0.29, 0.717) is 5.39 Å². The maximum Gasteiger partial charge on any atom is 0.151 e. The van der Waals surface area contributed by atoms with E-state index in [1.54, 1.807) is 12.3 Å². The smallest absolute Gasteiger partial charge is 0.151 e. The van der Waals surface area contributed by atoms with Crippen LogP contribution in [0.2, 0.25) is 5.15 Å². The van der Waals surface area contributed by atoms with Crippen LogP contribution in [0.5, 0.6) is 0 Å². The first-order valence-electron chi connectivity index (χ1n) is 5.03. The van der Waals surface area contributed by atoms with Gasteiger partial charge in [-0.25, -0.2) is 9.37 Å². The molecule has 0 aliphatic rings. The summed E-state index contributed by atoms with van der Waals surface area (Å²) in [6.07, 6.45) is 5.21. The molecule has 0 unspecified atom stereocenters. The highest BCUT2D eigenvalue weighted by atomic mass is 35.5. The van der Waals surface area contributed by atoms with Gasteiger partial charge in [0.25, 0.3) is 0 Å². The zero-order valence-corrected chi connectivity index (χ0v) is 9.26. The molecule has 0 saturated carbocycles. The molecular weight excluding hydrogens is 215 g/mol. The van der Waals surface area contributed by atoms with E-state index in [9.17, 15) is 4.39 Å². The van der Waals surface area contributed by atoms with Crippen molar-refractivity contribution in [2.45, 2.75) is 26.3 Å². The summed E-state index contributed by atoms with van der Waals surface area (Å²) >= 11 is 5.85. The molecule has 80 valence electrons. The van der Waals surface area contributed by atoms with E-state index in [2.05, 4.69) is 11.9 Å². The Balaban J connectivity index is 2.53. The predicted molar refractivity (Wildman–Crippen MR) is 59.6 cm³/mol. The fraction of sp³-hybridized carbons (Fsp3) is 0.364. The standard InChI is InChI=1S/C11H12ClFN2/c1-2-3-6-15-7-8(13)10-9(15)4-5-14-11(10)12/h4-5,7H,2-3,6H2,1H3. The van der Waals surface area contributed by atoms with Crippen LogP contribution in [0.4, 0.5) is 4.39 Å². The minimum absolute atomic E-state index is 0.236. The first-order valence-corrected chi connectivity index (χ1v) is 5.40. The largest absolute Gasteiger partial charge is 0.344 e. The zero-order valence-electron chi connectivity index (χ0n) is 8.50. The average molecular weight is 227 g/mol. The third-order valence-corrected chi connectivity index (χ3v) is 2.74. The highest BCUT2D eigenvalue weighted by Crippen LogP contribution is 2.25. The van der Waals surface area contributed by atoms with Crippen LogP contribution in [-0.2, 0) is 6.54 Å². The van der Waals surface area contributed by atoms with E-state index in [-0.39, 0.29) is 11.0 Å². The number of aryl methyl sites for hydroxylation is 1. The molecule has 0 aliphatic carbocycles. The minimum atomic E-state index is -0.292. The van der Waals surface area contributed by atoms with Crippen LogP contribution in [0, 0.1) is 5.82 Å².